The molecule has 12 aromatic rings. The minimum absolute atomic E-state index is 0.0683. The summed E-state index contributed by atoms with van der Waals surface area (Å²) in [5.74, 6) is 3.18. The molecule has 1 fully saturated rings. The van der Waals surface area contributed by atoms with Crippen LogP contribution in [0.1, 0.15) is 90.6 Å². The summed E-state index contributed by atoms with van der Waals surface area (Å²) in [5, 5.41) is 47.2. The molecule has 27 heteroatoms. The molecule has 1 aliphatic carbocycles. The van der Waals surface area contributed by atoms with Gasteiger partial charge in [-0.2, -0.15) is 0 Å². The Hall–Kier alpha value is -11.9. The SMILES string of the molecule is CCNC(=O)Nc1nc2c(-c3ncccc3OC)cc(-c3ccc(C(C)(C)O)nc3)cc2[nH]1.CCNC(=O)Nc1nc2c(-c3ncccc3OC)cc(-c3ccc(C(O)C(C)C)nc3)cc2[nH]1.CCNC(=O)Nc1nc2c(-c3ncccc3OC)cc(-c3ccc(C(O)C4CC4)nc3)cc2[nH]1. The summed E-state index contributed by atoms with van der Waals surface area (Å²) in [4.78, 5) is 86.4. The molecule has 2 atom stereocenters. The maximum absolute atomic E-state index is 12.0. The van der Waals surface area contributed by atoms with E-state index < -0.39 is 17.8 Å². The smallest absolute Gasteiger partial charge is 0.321 e. The minimum atomic E-state index is -1.03. The van der Waals surface area contributed by atoms with Crippen LogP contribution in [0.3, 0.4) is 0 Å². The number of hydrogen-bond donors (Lipinski definition) is 12. The number of hydrogen-bond acceptors (Lipinski definition) is 18. The number of imidazole rings is 3. The molecule has 3 aromatic carbocycles. The maximum atomic E-state index is 12.0. The fraction of sp³-hybridized carbons (Fsp3) is 0.270. The Morgan fingerprint density at radius 2 is 0.851 bits per heavy atom. The first-order valence-corrected chi connectivity index (χ1v) is 33.0. The number of rotatable bonds is 20. The molecule has 0 aliphatic heterocycles. The molecule has 520 valence electrons. The second-order valence-electron chi connectivity index (χ2n) is 24.5. The van der Waals surface area contributed by atoms with Crippen LogP contribution in [0.5, 0.6) is 17.2 Å². The van der Waals surface area contributed by atoms with Crippen molar-refractivity contribution in [2.45, 2.75) is 79.1 Å². The molecule has 101 heavy (non-hydrogen) atoms. The Kier molecular flexibility index (Phi) is 21.8. The molecular weight excluding hydrogens is 1280 g/mol. The van der Waals surface area contributed by atoms with E-state index in [1.54, 1.807) is 90.6 Å². The number of benzene rings is 3. The quantitative estimate of drug-likeness (QED) is 0.0337. The average molecular weight is 1370 g/mol. The normalized spacial score (nSPS) is 12.5. The van der Waals surface area contributed by atoms with Crippen LogP contribution in [0, 0.1) is 11.8 Å². The predicted octanol–water partition coefficient (Wildman–Crippen LogP) is 12.9. The number of ether oxygens (including phenoxy) is 3. The number of carbonyl (C=O) groups is 3. The van der Waals surface area contributed by atoms with Crippen molar-refractivity contribution < 1.29 is 43.9 Å². The van der Waals surface area contributed by atoms with Gasteiger partial charge in [0.2, 0.25) is 17.8 Å². The van der Waals surface area contributed by atoms with Gasteiger partial charge in [0.1, 0.15) is 56.5 Å². The van der Waals surface area contributed by atoms with Crippen molar-refractivity contribution in [3.63, 3.8) is 0 Å². The van der Waals surface area contributed by atoms with E-state index in [1.165, 1.54) is 0 Å². The van der Waals surface area contributed by atoms with E-state index in [4.69, 9.17) is 14.2 Å². The highest BCUT2D eigenvalue weighted by molar-refractivity contribution is 6.02. The monoisotopic (exact) mass is 1360 g/mol. The van der Waals surface area contributed by atoms with Gasteiger partial charge in [0.15, 0.2) is 0 Å². The van der Waals surface area contributed by atoms with Crippen LogP contribution in [0.15, 0.2) is 146 Å². The van der Waals surface area contributed by atoms with Crippen molar-refractivity contribution in [2.75, 3.05) is 56.9 Å². The van der Waals surface area contributed by atoms with Crippen molar-refractivity contribution in [3.8, 4) is 84.4 Å². The van der Waals surface area contributed by atoms with Gasteiger partial charge in [-0.1, -0.05) is 32.0 Å². The van der Waals surface area contributed by atoms with Crippen LogP contribution in [0.2, 0.25) is 0 Å². The Balaban J connectivity index is 0.000000153. The van der Waals surface area contributed by atoms with E-state index in [2.05, 4.69) is 91.7 Å². The number of H-pyrrole nitrogens is 3. The van der Waals surface area contributed by atoms with Gasteiger partial charge in [-0.3, -0.25) is 45.9 Å². The molecule has 9 aromatic heterocycles. The number of nitrogens with zero attached hydrogens (tertiary/aromatic N) is 9. The number of carbonyl (C=O) groups excluding carboxylic acids is 3. The van der Waals surface area contributed by atoms with Gasteiger partial charge in [0, 0.05) is 90.2 Å². The standard InChI is InChI=1S/C25H26N6O3.C25H28N6O3.C24H26N6O3/c1-3-26-25(33)31-24-29-19-12-16(15-8-9-18(28-13-15)23(32)14-6-7-14)11-17(21(19)30-24)22-20(34-2)5-4-10-27-22;1-5-26-25(33)31-24-29-19-12-16(15-8-9-18(28-13-15)23(32)14(2)3)11-17(21(19)30-24)22-20(34-4)7-6-10-27-22;1-5-25-23(31)30-22-28-17-12-15(14-8-9-19(27-13-14)24(2,3)32)11-16(20(17)29-22)21-18(33-4)7-6-10-26-21/h4-5,8-14,23,32H,3,6-7H2,1-2H3,(H3,26,29,30,31,33);6-14,23,32H,5H2,1-4H3,(H3,26,29,30,31,33);6-13,32H,5H2,1-4H3,(H3,25,28,29,30,31). The topological polar surface area (TPSA) is 375 Å². The van der Waals surface area contributed by atoms with Gasteiger partial charge >= 0.3 is 18.1 Å². The van der Waals surface area contributed by atoms with Crippen molar-refractivity contribution in [3.05, 3.63) is 163 Å². The Labute approximate surface area is 581 Å². The lowest BCUT2D eigenvalue weighted by Crippen LogP contribution is -2.28. The number of aliphatic hydroxyl groups excluding tert-OH is 2. The van der Waals surface area contributed by atoms with Gasteiger partial charge < -0.3 is 60.4 Å². The third kappa shape index (κ3) is 16.5. The first-order valence-electron chi connectivity index (χ1n) is 33.0. The first kappa shape index (κ1) is 70.4. The van der Waals surface area contributed by atoms with Crippen LogP contribution >= 0.6 is 0 Å². The van der Waals surface area contributed by atoms with Crippen LogP contribution in [0.25, 0.3) is 100 Å². The third-order valence-corrected chi connectivity index (χ3v) is 16.5. The Morgan fingerprint density at radius 3 is 1.15 bits per heavy atom. The molecule has 0 saturated heterocycles. The summed E-state index contributed by atoms with van der Waals surface area (Å²) in [7, 11) is 4.78. The Bertz CT molecular complexity index is 4700. The van der Waals surface area contributed by atoms with E-state index in [1.807, 2.05) is 126 Å². The molecule has 0 bridgehead atoms. The number of fused-ring (bicyclic) bond motifs is 3. The number of anilines is 3. The van der Waals surface area contributed by atoms with Crippen molar-refractivity contribution in [2.24, 2.45) is 11.8 Å². The van der Waals surface area contributed by atoms with Crippen molar-refractivity contribution in [1.29, 1.82) is 0 Å². The van der Waals surface area contributed by atoms with Crippen LogP contribution in [-0.2, 0) is 5.60 Å². The van der Waals surface area contributed by atoms with E-state index in [9.17, 15) is 29.7 Å². The van der Waals surface area contributed by atoms with Gasteiger partial charge in [-0.15, -0.1) is 0 Å². The average Bonchev–Trinajstić information content (AvgIpc) is 1.68. The summed E-state index contributed by atoms with van der Waals surface area (Å²) in [6.45, 7) is 14.3. The van der Waals surface area contributed by atoms with Gasteiger partial charge in [-0.25, -0.2) is 29.3 Å². The van der Waals surface area contributed by atoms with Gasteiger partial charge in [0.25, 0.3) is 0 Å². The lowest BCUT2D eigenvalue weighted by molar-refractivity contribution is 0.0738. The van der Waals surface area contributed by atoms with Crippen LogP contribution in [0.4, 0.5) is 32.2 Å². The zero-order valence-electron chi connectivity index (χ0n) is 57.5. The lowest BCUT2D eigenvalue weighted by atomic mass is 9.99. The largest absolute Gasteiger partial charge is 0.494 e. The van der Waals surface area contributed by atoms with Crippen LogP contribution < -0.4 is 46.1 Å². The molecule has 13 rings (SSSR count). The molecule has 9 heterocycles. The number of pyridine rings is 6. The highest BCUT2D eigenvalue weighted by atomic mass is 16.5. The Morgan fingerprint density at radius 1 is 0.495 bits per heavy atom. The number of aromatic nitrogens is 12. The van der Waals surface area contributed by atoms with Crippen molar-refractivity contribution in [1.82, 2.24) is 75.8 Å². The maximum Gasteiger partial charge on any atom is 0.321 e. The number of aromatic amines is 3. The second-order valence-corrected chi connectivity index (χ2v) is 24.5. The molecule has 2 unspecified atom stereocenters. The molecule has 27 nitrogen and oxygen atoms in total. The number of nitrogens with one attached hydrogen (secondary N) is 9. The van der Waals surface area contributed by atoms with Crippen molar-refractivity contribution >= 4 is 69.0 Å². The molecule has 1 saturated carbocycles. The zero-order chi connectivity index (χ0) is 71.5. The highest BCUT2D eigenvalue weighted by Crippen LogP contribution is 2.43. The zero-order valence-corrected chi connectivity index (χ0v) is 57.5. The van der Waals surface area contributed by atoms with E-state index in [0.717, 1.165) is 73.9 Å². The van der Waals surface area contributed by atoms with Gasteiger partial charge in [-0.05, 0) is 167 Å². The van der Waals surface area contributed by atoms with E-state index in [0.29, 0.717) is 117 Å². The number of methoxy groups -OCH3 is 3. The molecule has 0 radical (unpaired) electrons. The number of urea groups is 3. The molecular formula is C74H80N18O9. The summed E-state index contributed by atoms with van der Waals surface area (Å²) in [6.07, 6.45) is 11.3. The number of aliphatic hydroxyl groups is 3. The predicted molar refractivity (Wildman–Crippen MR) is 388 cm³/mol. The second kappa shape index (κ2) is 31.3. The first-order chi connectivity index (χ1) is 48.8. The molecule has 12 N–H and O–H groups in total. The van der Waals surface area contributed by atoms with Gasteiger partial charge in [0.05, 0.1) is 67.2 Å². The minimum Gasteiger partial charge on any atom is -0.494 e. The van der Waals surface area contributed by atoms with Crippen LogP contribution in [-0.4, -0.2) is 134 Å². The lowest BCUT2D eigenvalue weighted by Gasteiger charge is -2.16. The fourth-order valence-electron chi connectivity index (χ4n) is 11.2. The summed E-state index contributed by atoms with van der Waals surface area (Å²) in [5.41, 5.74) is 14.4. The highest BCUT2D eigenvalue weighted by Gasteiger charge is 2.32. The third-order valence-electron chi connectivity index (χ3n) is 16.5. The summed E-state index contributed by atoms with van der Waals surface area (Å²) in [6, 6.07) is 33.0. The van der Waals surface area contributed by atoms with E-state index in [-0.39, 0.29) is 24.0 Å². The molecule has 1 aliphatic rings. The fourth-order valence-corrected chi connectivity index (χ4v) is 11.2. The summed E-state index contributed by atoms with van der Waals surface area (Å²) >= 11 is 0. The molecule has 0 spiro atoms. The molecule has 6 amide bonds. The number of amides is 6. The van der Waals surface area contributed by atoms with E-state index >= 15 is 0 Å². The summed E-state index contributed by atoms with van der Waals surface area (Å²) < 4.78 is 16.6.